The molecule has 0 radical (unpaired) electrons. The van der Waals surface area contributed by atoms with Crippen LogP contribution in [0, 0.1) is 0 Å². The molecule has 1 aliphatic heterocycles. The third-order valence-electron chi connectivity index (χ3n) is 2.51. The zero-order valence-corrected chi connectivity index (χ0v) is 10.1. The number of H-pyrrole nitrogens is 2. The standard InChI is InChI=1S/C11H10N2O4S/c14-10(15)5-18-11-12-6-3-8-9(4-7(6)13-11)17-2-1-16-8/h3-4H,1-2,5H2,(H,12,13)(H,14,15). The molecule has 0 fully saturated rings. The summed E-state index contributed by atoms with van der Waals surface area (Å²) in [5.74, 6) is 0.190. The third kappa shape index (κ3) is 2.08. The Hall–Kier alpha value is -1.89. The summed E-state index contributed by atoms with van der Waals surface area (Å²) in [6, 6.07) is 3.67. The minimum absolute atomic E-state index is 0.101. The molecule has 1 aliphatic rings. The fraction of sp³-hybridized carbons (Fsp3) is 0.273. The predicted octanol–water partition coefficient (Wildman–Crippen LogP) is -0.405. The summed E-state index contributed by atoms with van der Waals surface area (Å²) < 4.78 is 10.9. The second-order valence-corrected chi connectivity index (χ2v) is 4.77. The van der Waals surface area contributed by atoms with Crippen molar-refractivity contribution in [1.82, 2.24) is 4.98 Å². The molecule has 94 valence electrons. The highest BCUT2D eigenvalue weighted by atomic mass is 32.2. The molecule has 2 heterocycles. The Kier molecular flexibility index (Phi) is 2.75. The van der Waals surface area contributed by atoms with E-state index in [2.05, 4.69) is 9.97 Å². The van der Waals surface area contributed by atoms with Crippen molar-refractivity contribution < 1.29 is 24.4 Å². The Morgan fingerprint density at radius 2 is 2.11 bits per heavy atom. The van der Waals surface area contributed by atoms with Crippen LogP contribution < -0.4 is 19.6 Å². The highest BCUT2D eigenvalue weighted by Crippen LogP contribution is 2.33. The van der Waals surface area contributed by atoms with Crippen molar-refractivity contribution in [2.75, 3.05) is 19.0 Å². The first-order chi connectivity index (χ1) is 8.72. The molecule has 3 rings (SSSR count). The van der Waals surface area contributed by atoms with Crippen molar-refractivity contribution >= 4 is 28.8 Å². The second kappa shape index (κ2) is 4.41. The van der Waals surface area contributed by atoms with Gasteiger partial charge in [0.05, 0.1) is 5.97 Å². The molecule has 18 heavy (non-hydrogen) atoms. The molecule has 0 unspecified atom stereocenters. The number of aromatic nitrogens is 2. The number of carboxylic acids is 1. The maximum absolute atomic E-state index is 10.4. The second-order valence-electron chi connectivity index (χ2n) is 3.78. The summed E-state index contributed by atoms with van der Waals surface area (Å²) in [5, 5.41) is 11.1. The van der Waals surface area contributed by atoms with Crippen molar-refractivity contribution in [1.29, 1.82) is 0 Å². The molecule has 1 aromatic carbocycles. The summed E-state index contributed by atoms with van der Waals surface area (Å²) in [6.07, 6.45) is 0. The van der Waals surface area contributed by atoms with Crippen LogP contribution in [0.5, 0.6) is 11.5 Å². The van der Waals surface area contributed by atoms with E-state index in [1.807, 2.05) is 12.1 Å². The van der Waals surface area contributed by atoms with Crippen LogP contribution in [0.15, 0.2) is 17.3 Å². The summed E-state index contributed by atoms with van der Waals surface area (Å²) in [4.78, 5) is 16.6. The van der Waals surface area contributed by atoms with Gasteiger partial charge in [-0.05, 0) is 11.8 Å². The van der Waals surface area contributed by atoms with E-state index < -0.39 is 5.97 Å². The van der Waals surface area contributed by atoms with Gasteiger partial charge in [0.15, 0.2) is 22.5 Å². The summed E-state index contributed by atoms with van der Waals surface area (Å²) in [5.41, 5.74) is 1.69. The number of thioether (sulfide) groups is 1. The Morgan fingerprint density at radius 3 is 2.83 bits per heavy atom. The Bertz CT molecular complexity index is 567. The summed E-state index contributed by atoms with van der Waals surface area (Å²) in [7, 11) is 0. The van der Waals surface area contributed by atoms with Gasteiger partial charge in [0.25, 0.3) is 0 Å². The largest absolute Gasteiger partial charge is 0.549 e. The third-order valence-corrected chi connectivity index (χ3v) is 3.39. The number of carboxylic acid groups (broad SMARTS) is 1. The monoisotopic (exact) mass is 266 g/mol. The maximum atomic E-state index is 10.4. The van der Waals surface area contributed by atoms with E-state index in [0.29, 0.717) is 29.9 Å². The quantitative estimate of drug-likeness (QED) is 0.763. The van der Waals surface area contributed by atoms with E-state index in [1.54, 1.807) is 0 Å². The molecule has 0 saturated carbocycles. The molecule has 0 amide bonds. The van der Waals surface area contributed by atoms with Gasteiger partial charge in [-0.1, -0.05) is 0 Å². The van der Waals surface area contributed by atoms with E-state index in [4.69, 9.17) is 9.47 Å². The number of benzene rings is 1. The number of carbonyl (C=O) groups is 1. The van der Waals surface area contributed by atoms with Crippen LogP contribution >= 0.6 is 11.8 Å². The fourth-order valence-electron chi connectivity index (χ4n) is 1.77. The molecule has 1 aromatic heterocycles. The van der Waals surface area contributed by atoms with Crippen LogP contribution in [0.25, 0.3) is 11.0 Å². The number of ether oxygens (including phenoxy) is 2. The number of hydrogen-bond acceptors (Lipinski definition) is 5. The van der Waals surface area contributed by atoms with E-state index in [9.17, 15) is 9.90 Å². The molecule has 7 heteroatoms. The van der Waals surface area contributed by atoms with E-state index in [1.165, 1.54) is 0 Å². The normalized spacial score (nSPS) is 13.8. The number of hydrogen-bond donors (Lipinski definition) is 1. The lowest BCUT2D eigenvalue weighted by Crippen LogP contribution is -2.24. The first-order valence-corrected chi connectivity index (χ1v) is 6.38. The lowest BCUT2D eigenvalue weighted by molar-refractivity contribution is -0.396. The number of carbonyl (C=O) groups excluding carboxylic acids is 1. The van der Waals surface area contributed by atoms with Crippen LogP contribution in [0.3, 0.4) is 0 Å². The van der Waals surface area contributed by atoms with Crippen LogP contribution in [0.4, 0.5) is 0 Å². The molecule has 0 aliphatic carbocycles. The molecule has 2 N–H and O–H groups in total. The zero-order valence-electron chi connectivity index (χ0n) is 9.32. The number of fused-ring (bicyclic) bond motifs is 2. The molecule has 6 nitrogen and oxygen atoms in total. The van der Waals surface area contributed by atoms with Crippen molar-refractivity contribution in [3.63, 3.8) is 0 Å². The minimum atomic E-state index is -1.10. The van der Waals surface area contributed by atoms with Crippen LogP contribution in [0.1, 0.15) is 0 Å². The van der Waals surface area contributed by atoms with E-state index >= 15 is 0 Å². The molecule has 2 aromatic rings. The van der Waals surface area contributed by atoms with Gasteiger partial charge in [-0.15, -0.1) is 0 Å². The van der Waals surface area contributed by atoms with Gasteiger partial charge in [-0.25, -0.2) is 9.97 Å². The van der Waals surface area contributed by atoms with Gasteiger partial charge in [-0.2, -0.15) is 0 Å². The van der Waals surface area contributed by atoms with Gasteiger partial charge in [-0.3, -0.25) is 0 Å². The van der Waals surface area contributed by atoms with Crippen LogP contribution in [-0.4, -0.2) is 29.9 Å². The number of imidazole rings is 1. The van der Waals surface area contributed by atoms with Crippen molar-refractivity contribution in [2.24, 2.45) is 0 Å². The highest BCUT2D eigenvalue weighted by Gasteiger charge is 2.18. The molecule has 0 saturated heterocycles. The fourth-order valence-corrected chi connectivity index (χ4v) is 2.40. The minimum Gasteiger partial charge on any atom is -0.549 e. The van der Waals surface area contributed by atoms with Crippen molar-refractivity contribution in [2.45, 2.75) is 5.16 Å². The van der Waals surface area contributed by atoms with Gasteiger partial charge in [0.1, 0.15) is 13.2 Å². The predicted molar refractivity (Wildman–Crippen MR) is 61.6 cm³/mol. The highest BCUT2D eigenvalue weighted by molar-refractivity contribution is 7.99. The van der Waals surface area contributed by atoms with Gasteiger partial charge >= 0.3 is 5.16 Å². The number of aliphatic carboxylic acids is 1. The Morgan fingerprint density at radius 1 is 1.39 bits per heavy atom. The Balaban J connectivity index is 1.93. The zero-order chi connectivity index (χ0) is 12.5. The lowest BCUT2D eigenvalue weighted by atomic mass is 10.2. The van der Waals surface area contributed by atoms with Gasteiger partial charge in [0, 0.05) is 17.9 Å². The first-order valence-electron chi connectivity index (χ1n) is 5.39. The van der Waals surface area contributed by atoms with Crippen molar-refractivity contribution in [3.05, 3.63) is 12.1 Å². The molecule has 0 atom stereocenters. The first kappa shape index (κ1) is 11.2. The lowest BCUT2D eigenvalue weighted by Gasteiger charge is -2.16. The number of aromatic amines is 2. The maximum Gasteiger partial charge on any atom is 0.314 e. The van der Waals surface area contributed by atoms with Gasteiger partial charge < -0.3 is 19.4 Å². The molecular weight excluding hydrogens is 256 g/mol. The average molecular weight is 266 g/mol. The number of rotatable bonds is 3. The van der Waals surface area contributed by atoms with Crippen LogP contribution in [-0.2, 0) is 4.79 Å². The molecule has 0 spiro atoms. The topological polar surface area (TPSA) is 88.5 Å². The van der Waals surface area contributed by atoms with Crippen molar-refractivity contribution in [3.8, 4) is 11.5 Å². The smallest absolute Gasteiger partial charge is 0.314 e. The number of nitrogens with one attached hydrogen (secondary N) is 2. The van der Waals surface area contributed by atoms with E-state index in [0.717, 1.165) is 22.8 Å². The molecular formula is C11H10N2O4S. The van der Waals surface area contributed by atoms with Gasteiger partial charge in [0.2, 0.25) is 0 Å². The summed E-state index contributed by atoms with van der Waals surface area (Å²) in [6.45, 7) is 1.07. The molecule has 0 bridgehead atoms. The van der Waals surface area contributed by atoms with Crippen LogP contribution in [0.2, 0.25) is 0 Å². The SMILES string of the molecule is O=C([O-])CSc1[nH]c2cc3c(cc2[nH+]1)OCCO3. The Labute approximate surface area is 106 Å². The van der Waals surface area contributed by atoms with E-state index in [-0.39, 0.29) is 5.75 Å². The average Bonchev–Trinajstić information content (AvgIpc) is 2.75. The summed E-state index contributed by atoms with van der Waals surface area (Å²) >= 11 is 1.14.